The Morgan fingerprint density at radius 2 is 2.05 bits per heavy atom. The van der Waals surface area contributed by atoms with E-state index in [1.165, 1.54) is 6.07 Å². The van der Waals surface area contributed by atoms with Crippen molar-refractivity contribution in [3.05, 3.63) is 17.9 Å². The van der Waals surface area contributed by atoms with E-state index in [9.17, 15) is 4.39 Å². The van der Waals surface area contributed by atoms with Crippen LogP contribution in [0, 0.1) is 11.2 Å². The second kappa shape index (κ2) is 6.79. The Morgan fingerprint density at radius 1 is 1.40 bits per heavy atom. The van der Waals surface area contributed by atoms with Gasteiger partial charge in [0.2, 0.25) is 0 Å². The van der Waals surface area contributed by atoms with E-state index in [0.717, 1.165) is 0 Å². The van der Waals surface area contributed by atoms with E-state index in [1.54, 1.807) is 6.07 Å². The van der Waals surface area contributed by atoms with E-state index in [4.69, 9.17) is 15.6 Å². The maximum atomic E-state index is 13.7. The van der Waals surface area contributed by atoms with Crippen LogP contribution in [0.2, 0.25) is 0 Å². The van der Waals surface area contributed by atoms with Crippen molar-refractivity contribution in [2.24, 2.45) is 5.41 Å². The molecule has 0 amide bonds. The minimum Gasteiger partial charge on any atom is -0.488 e. The maximum Gasteiger partial charge on any atom is 0.167 e. The Hall–Kier alpha value is -1.49. The second-order valence-electron chi connectivity index (χ2n) is 6.03. The van der Waals surface area contributed by atoms with Crippen molar-refractivity contribution < 1.29 is 14.2 Å². The SMILES string of the molecule is CC(C)Oc1cc(NCC(C)(C)CCO)c(N)cc1F. The van der Waals surface area contributed by atoms with E-state index in [2.05, 4.69) is 5.32 Å². The summed E-state index contributed by atoms with van der Waals surface area (Å²) in [5.74, 6) is -0.270. The lowest BCUT2D eigenvalue weighted by molar-refractivity contribution is 0.220. The molecule has 4 N–H and O–H groups in total. The lowest BCUT2D eigenvalue weighted by Gasteiger charge is -2.25. The molecule has 0 spiro atoms. The van der Waals surface area contributed by atoms with E-state index in [-0.39, 0.29) is 23.9 Å². The number of hydrogen-bond acceptors (Lipinski definition) is 4. The van der Waals surface area contributed by atoms with E-state index >= 15 is 0 Å². The van der Waals surface area contributed by atoms with Gasteiger partial charge in [-0.05, 0) is 25.7 Å². The number of hydrogen-bond donors (Lipinski definition) is 3. The average Bonchev–Trinajstić information content (AvgIpc) is 2.30. The quantitative estimate of drug-likeness (QED) is 0.673. The molecule has 114 valence electrons. The molecule has 0 heterocycles. The molecule has 0 saturated carbocycles. The van der Waals surface area contributed by atoms with Crippen molar-refractivity contribution in [3.63, 3.8) is 0 Å². The zero-order chi connectivity index (χ0) is 15.3. The summed E-state index contributed by atoms with van der Waals surface area (Å²) in [5, 5.41) is 12.2. The highest BCUT2D eigenvalue weighted by atomic mass is 19.1. The van der Waals surface area contributed by atoms with Crippen molar-refractivity contribution in [2.45, 2.75) is 40.2 Å². The van der Waals surface area contributed by atoms with Gasteiger partial charge in [-0.15, -0.1) is 0 Å². The zero-order valence-electron chi connectivity index (χ0n) is 12.7. The van der Waals surface area contributed by atoms with Gasteiger partial charge in [0.1, 0.15) is 0 Å². The number of nitrogens with two attached hydrogens (primary N) is 1. The van der Waals surface area contributed by atoms with Crippen molar-refractivity contribution >= 4 is 11.4 Å². The van der Waals surface area contributed by atoms with Gasteiger partial charge < -0.3 is 20.9 Å². The van der Waals surface area contributed by atoms with Crippen LogP contribution >= 0.6 is 0 Å². The van der Waals surface area contributed by atoms with Gasteiger partial charge in [-0.1, -0.05) is 13.8 Å². The van der Waals surface area contributed by atoms with Gasteiger partial charge in [0.25, 0.3) is 0 Å². The van der Waals surface area contributed by atoms with Crippen LogP contribution in [0.4, 0.5) is 15.8 Å². The van der Waals surface area contributed by atoms with Gasteiger partial charge in [-0.25, -0.2) is 4.39 Å². The summed E-state index contributed by atoms with van der Waals surface area (Å²) in [6.45, 7) is 8.53. The summed E-state index contributed by atoms with van der Waals surface area (Å²) in [7, 11) is 0. The number of ether oxygens (including phenoxy) is 1. The van der Waals surface area contributed by atoms with Crippen LogP contribution < -0.4 is 15.8 Å². The summed E-state index contributed by atoms with van der Waals surface area (Å²) < 4.78 is 19.1. The average molecular weight is 284 g/mol. The molecule has 0 aliphatic heterocycles. The molecular weight excluding hydrogens is 259 g/mol. The molecule has 0 aromatic heterocycles. The predicted octanol–water partition coefficient (Wildman–Crippen LogP) is 3.02. The van der Waals surface area contributed by atoms with Gasteiger partial charge in [0.05, 0.1) is 17.5 Å². The molecular formula is C15H25FN2O2. The fourth-order valence-electron chi connectivity index (χ4n) is 1.79. The van der Waals surface area contributed by atoms with Crippen molar-refractivity contribution in [3.8, 4) is 5.75 Å². The Kier molecular flexibility index (Phi) is 5.62. The molecule has 0 radical (unpaired) electrons. The fourth-order valence-corrected chi connectivity index (χ4v) is 1.79. The van der Waals surface area contributed by atoms with Crippen LogP contribution in [-0.2, 0) is 0 Å². The number of anilines is 2. The fraction of sp³-hybridized carbons (Fsp3) is 0.600. The van der Waals surface area contributed by atoms with Crippen LogP contribution in [0.1, 0.15) is 34.1 Å². The molecule has 20 heavy (non-hydrogen) atoms. The van der Waals surface area contributed by atoms with Gasteiger partial charge in [0, 0.05) is 25.3 Å². The normalized spacial score (nSPS) is 11.8. The minimum atomic E-state index is -0.462. The van der Waals surface area contributed by atoms with Crippen molar-refractivity contribution in [2.75, 3.05) is 24.2 Å². The first kappa shape index (κ1) is 16.6. The number of nitrogens with one attached hydrogen (secondary N) is 1. The Bertz CT molecular complexity index is 448. The number of nitrogen functional groups attached to an aromatic ring is 1. The molecule has 0 aliphatic rings. The number of aliphatic hydroxyl groups excluding tert-OH is 1. The molecule has 0 unspecified atom stereocenters. The molecule has 0 bridgehead atoms. The largest absolute Gasteiger partial charge is 0.488 e. The molecule has 4 nitrogen and oxygen atoms in total. The highest BCUT2D eigenvalue weighted by molar-refractivity contribution is 5.68. The number of halogens is 1. The maximum absolute atomic E-state index is 13.7. The summed E-state index contributed by atoms with van der Waals surface area (Å²) in [4.78, 5) is 0. The van der Waals surface area contributed by atoms with Crippen molar-refractivity contribution in [1.82, 2.24) is 0 Å². The van der Waals surface area contributed by atoms with Crippen LogP contribution in [0.5, 0.6) is 5.75 Å². The highest BCUT2D eigenvalue weighted by Crippen LogP contribution is 2.30. The van der Waals surface area contributed by atoms with Crippen LogP contribution in [0.15, 0.2) is 12.1 Å². The van der Waals surface area contributed by atoms with Crippen molar-refractivity contribution in [1.29, 1.82) is 0 Å². The van der Waals surface area contributed by atoms with Gasteiger partial charge >= 0.3 is 0 Å². The Morgan fingerprint density at radius 3 is 2.60 bits per heavy atom. The third-order valence-electron chi connectivity index (χ3n) is 3.01. The monoisotopic (exact) mass is 284 g/mol. The Labute approximate surface area is 120 Å². The van der Waals surface area contributed by atoms with E-state index < -0.39 is 5.82 Å². The van der Waals surface area contributed by atoms with E-state index in [1.807, 2.05) is 27.7 Å². The Balaban J connectivity index is 2.84. The molecule has 5 heteroatoms. The topological polar surface area (TPSA) is 67.5 Å². The van der Waals surface area contributed by atoms with Crippen LogP contribution in [0.25, 0.3) is 0 Å². The molecule has 0 fully saturated rings. The number of aliphatic hydroxyl groups is 1. The number of rotatable bonds is 7. The third kappa shape index (κ3) is 4.89. The third-order valence-corrected chi connectivity index (χ3v) is 3.01. The first-order valence-electron chi connectivity index (χ1n) is 6.85. The van der Waals surface area contributed by atoms with Crippen LogP contribution in [-0.4, -0.2) is 24.4 Å². The zero-order valence-corrected chi connectivity index (χ0v) is 12.7. The first-order valence-corrected chi connectivity index (χ1v) is 6.85. The molecule has 1 rings (SSSR count). The van der Waals surface area contributed by atoms with Gasteiger partial charge in [-0.2, -0.15) is 0 Å². The summed E-state index contributed by atoms with van der Waals surface area (Å²) in [6.07, 6.45) is 0.572. The molecule has 0 aliphatic carbocycles. The lowest BCUT2D eigenvalue weighted by Crippen LogP contribution is -2.24. The standard InChI is InChI=1S/C15H25FN2O2/c1-10(2)20-14-8-13(12(17)7-11(14)16)18-9-15(3,4)5-6-19/h7-8,10,18-19H,5-6,9,17H2,1-4H3. The molecule has 0 atom stereocenters. The highest BCUT2D eigenvalue weighted by Gasteiger charge is 2.18. The lowest BCUT2D eigenvalue weighted by atomic mass is 9.89. The summed E-state index contributed by atoms with van der Waals surface area (Å²) in [6, 6.07) is 2.85. The summed E-state index contributed by atoms with van der Waals surface area (Å²) in [5.41, 5.74) is 6.73. The van der Waals surface area contributed by atoms with E-state index in [0.29, 0.717) is 24.3 Å². The van der Waals surface area contributed by atoms with Gasteiger partial charge in [0.15, 0.2) is 11.6 Å². The van der Waals surface area contributed by atoms with Gasteiger partial charge in [-0.3, -0.25) is 0 Å². The second-order valence-corrected chi connectivity index (χ2v) is 6.03. The molecule has 1 aromatic rings. The molecule has 0 saturated heterocycles. The number of benzene rings is 1. The molecule has 1 aromatic carbocycles. The minimum absolute atomic E-state index is 0.0748. The predicted molar refractivity (Wildman–Crippen MR) is 80.5 cm³/mol. The van der Waals surface area contributed by atoms with Crippen LogP contribution in [0.3, 0.4) is 0 Å². The smallest absolute Gasteiger partial charge is 0.167 e. The summed E-state index contributed by atoms with van der Waals surface area (Å²) >= 11 is 0. The first-order chi connectivity index (χ1) is 9.25.